The predicted molar refractivity (Wildman–Crippen MR) is 84.6 cm³/mol. The summed E-state index contributed by atoms with van der Waals surface area (Å²) in [6.45, 7) is 2.23. The number of aryl methyl sites for hydroxylation is 1. The molecular weight excluding hydrogens is 300 g/mol. The molecule has 1 aliphatic rings. The Morgan fingerprint density at radius 2 is 2.32 bits per heavy atom. The zero-order valence-electron chi connectivity index (χ0n) is 12.5. The smallest absolute Gasteiger partial charge is 0.100 e. The van der Waals surface area contributed by atoms with Crippen molar-refractivity contribution in [3.63, 3.8) is 0 Å². The summed E-state index contributed by atoms with van der Waals surface area (Å²) in [5, 5.41) is 28.8. The molecule has 3 rings (SSSR count). The van der Waals surface area contributed by atoms with Crippen LogP contribution in [0.1, 0.15) is 29.5 Å². The molecule has 7 heteroatoms. The van der Waals surface area contributed by atoms with Gasteiger partial charge in [-0.2, -0.15) is 11.8 Å². The van der Waals surface area contributed by atoms with Gasteiger partial charge in [0.05, 0.1) is 17.8 Å². The van der Waals surface area contributed by atoms with E-state index >= 15 is 0 Å². The summed E-state index contributed by atoms with van der Waals surface area (Å²) < 4.78 is 1.62. The summed E-state index contributed by atoms with van der Waals surface area (Å²) in [7, 11) is 0. The highest BCUT2D eigenvalue weighted by Gasteiger charge is 2.32. The van der Waals surface area contributed by atoms with Gasteiger partial charge in [0, 0.05) is 35.8 Å². The number of aromatic nitrogens is 4. The first-order chi connectivity index (χ1) is 10.5. The molecule has 0 amide bonds. The minimum atomic E-state index is -0.673. The van der Waals surface area contributed by atoms with Crippen molar-refractivity contribution in [1.82, 2.24) is 20.0 Å². The average Bonchev–Trinajstić information content (AvgIpc) is 3.09. The molecule has 0 aliphatic carbocycles. The molecule has 1 fully saturated rings. The second-order valence-electron chi connectivity index (χ2n) is 5.88. The Balaban J connectivity index is 1.62. The van der Waals surface area contributed by atoms with Gasteiger partial charge in [-0.15, -0.1) is 5.10 Å². The lowest BCUT2D eigenvalue weighted by atomic mass is 9.98. The van der Waals surface area contributed by atoms with Crippen LogP contribution in [0, 0.1) is 6.92 Å². The van der Waals surface area contributed by atoms with Crippen molar-refractivity contribution < 1.29 is 10.2 Å². The van der Waals surface area contributed by atoms with E-state index in [1.54, 1.807) is 28.8 Å². The van der Waals surface area contributed by atoms with Gasteiger partial charge in [-0.05, 0) is 25.2 Å². The van der Waals surface area contributed by atoms with Gasteiger partial charge in [-0.1, -0.05) is 11.3 Å². The summed E-state index contributed by atoms with van der Waals surface area (Å²) in [6.07, 6.45) is 4.11. The summed E-state index contributed by atoms with van der Waals surface area (Å²) in [5.74, 6) is 1.74. The molecule has 0 aromatic carbocycles. The fourth-order valence-corrected chi connectivity index (χ4v) is 3.84. The zero-order chi connectivity index (χ0) is 15.6. The first-order valence-electron chi connectivity index (χ1n) is 7.34. The third kappa shape index (κ3) is 3.66. The normalized spacial score (nSPS) is 22.9. The number of nitrogens with zero attached hydrogens (tertiary/aromatic N) is 4. The molecule has 0 spiro atoms. The van der Waals surface area contributed by atoms with E-state index in [1.807, 2.05) is 19.1 Å². The number of hydrogen-bond donors (Lipinski definition) is 2. The van der Waals surface area contributed by atoms with Gasteiger partial charge < -0.3 is 10.2 Å². The summed E-state index contributed by atoms with van der Waals surface area (Å²) in [4.78, 5) is 4.18. The van der Waals surface area contributed by atoms with Crippen LogP contribution in [-0.4, -0.2) is 47.3 Å². The molecule has 1 aliphatic heterocycles. The van der Waals surface area contributed by atoms with E-state index in [1.165, 1.54) is 0 Å². The number of thioether (sulfide) groups is 1. The van der Waals surface area contributed by atoms with Crippen molar-refractivity contribution in [1.29, 1.82) is 0 Å². The van der Waals surface area contributed by atoms with Crippen LogP contribution >= 0.6 is 11.8 Å². The van der Waals surface area contributed by atoms with Crippen molar-refractivity contribution in [3.8, 4) is 0 Å². The van der Waals surface area contributed by atoms with E-state index in [4.69, 9.17) is 0 Å². The third-order valence-electron chi connectivity index (χ3n) is 3.86. The molecule has 2 atom stereocenters. The molecule has 2 aromatic heterocycles. The Kier molecular flexibility index (Phi) is 4.46. The number of hydrogen-bond acceptors (Lipinski definition) is 6. The van der Waals surface area contributed by atoms with Crippen molar-refractivity contribution in [2.45, 2.75) is 38.0 Å². The van der Waals surface area contributed by atoms with Gasteiger partial charge in [-0.3, -0.25) is 4.98 Å². The molecule has 2 unspecified atom stereocenters. The highest BCUT2D eigenvalue weighted by molar-refractivity contribution is 7.99. The van der Waals surface area contributed by atoms with Crippen LogP contribution in [0.4, 0.5) is 0 Å². The molecule has 118 valence electrons. The maximum Gasteiger partial charge on any atom is 0.100 e. The first-order valence-corrected chi connectivity index (χ1v) is 8.49. The number of rotatable bonds is 5. The zero-order valence-corrected chi connectivity index (χ0v) is 13.3. The molecule has 2 aromatic rings. The Labute approximate surface area is 133 Å². The monoisotopic (exact) mass is 320 g/mol. The van der Waals surface area contributed by atoms with E-state index in [9.17, 15) is 10.2 Å². The Morgan fingerprint density at radius 3 is 3.00 bits per heavy atom. The molecule has 3 heterocycles. The van der Waals surface area contributed by atoms with Crippen molar-refractivity contribution in [2.75, 3.05) is 11.5 Å². The van der Waals surface area contributed by atoms with Gasteiger partial charge in [0.1, 0.15) is 6.10 Å². The largest absolute Gasteiger partial charge is 0.389 e. The third-order valence-corrected chi connectivity index (χ3v) is 5.09. The SMILES string of the molecule is Cc1ccc(C(O)Cn2cc(CC3(O)CCSC3)nn2)cn1. The van der Waals surface area contributed by atoms with Crippen LogP contribution in [0.5, 0.6) is 0 Å². The van der Waals surface area contributed by atoms with E-state index in [0.717, 1.165) is 34.9 Å². The van der Waals surface area contributed by atoms with E-state index in [2.05, 4.69) is 15.3 Å². The number of aliphatic hydroxyl groups excluding tert-OH is 1. The second-order valence-corrected chi connectivity index (χ2v) is 6.99. The molecule has 2 N–H and O–H groups in total. The molecule has 0 bridgehead atoms. The summed E-state index contributed by atoms with van der Waals surface area (Å²) >= 11 is 1.76. The molecule has 22 heavy (non-hydrogen) atoms. The van der Waals surface area contributed by atoms with Crippen LogP contribution in [0.25, 0.3) is 0 Å². The minimum absolute atomic E-state index is 0.324. The highest BCUT2D eigenvalue weighted by atomic mass is 32.2. The fourth-order valence-electron chi connectivity index (χ4n) is 2.54. The Morgan fingerprint density at radius 1 is 1.45 bits per heavy atom. The van der Waals surface area contributed by atoms with Crippen LogP contribution in [-0.2, 0) is 13.0 Å². The molecular formula is C15H20N4O2S. The topological polar surface area (TPSA) is 84.1 Å². The van der Waals surface area contributed by atoms with Gasteiger partial charge in [-0.25, -0.2) is 4.68 Å². The summed E-state index contributed by atoms with van der Waals surface area (Å²) in [5.41, 5.74) is 1.78. The molecule has 0 radical (unpaired) electrons. The molecule has 1 saturated heterocycles. The predicted octanol–water partition coefficient (Wildman–Crippen LogP) is 1.13. The van der Waals surface area contributed by atoms with Crippen molar-refractivity contribution in [3.05, 3.63) is 41.5 Å². The van der Waals surface area contributed by atoms with E-state index in [-0.39, 0.29) is 0 Å². The molecule has 6 nitrogen and oxygen atoms in total. The van der Waals surface area contributed by atoms with Crippen LogP contribution in [0.2, 0.25) is 0 Å². The summed E-state index contributed by atoms with van der Waals surface area (Å²) in [6, 6.07) is 3.74. The van der Waals surface area contributed by atoms with Crippen molar-refractivity contribution in [2.24, 2.45) is 0 Å². The highest BCUT2D eigenvalue weighted by Crippen LogP contribution is 2.30. The molecule has 0 saturated carbocycles. The van der Waals surface area contributed by atoms with Crippen LogP contribution < -0.4 is 0 Å². The van der Waals surface area contributed by atoms with E-state index in [0.29, 0.717) is 13.0 Å². The fraction of sp³-hybridized carbons (Fsp3) is 0.533. The lowest BCUT2D eigenvalue weighted by Crippen LogP contribution is -2.30. The minimum Gasteiger partial charge on any atom is -0.389 e. The number of aliphatic hydroxyl groups is 2. The van der Waals surface area contributed by atoms with Crippen LogP contribution in [0.3, 0.4) is 0 Å². The quantitative estimate of drug-likeness (QED) is 0.859. The average molecular weight is 320 g/mol. The van der Waals surface area contributed by atoms with E-state index < -0.39 is 11.7 Å². The van der Waals surface area contributed by atoms with Crippen LogP contribution in [0.15, 0.2) is 24.5 Å². The lowest BCUT2D eigenvalue weighted by Gasteiger charge is -2.19. The Hall–Kier alpha value is -1.44. The van der Waals surface area contributed by atoms with Gasteiger partial charge in [0.2, 0.25) is 0 Å². The Bertz CT molecular complexity index is 623. The van der Waals surface area contributed by atoms with Gasteiger partial charge >= 0.3 is 0 Å². The lowest BCUT2D eigenvalue weighted by molar-refractivity contribution is 0.0676. The standard InChI is InChI=1S/C15H20N4O2S/c1-11-2-3-12(7-16-11)14(20)9-19-8-13(17-18-19)6-15(21)4-5-22-10-15/h2-3,7-8,14,20-21H,4-6,9-10H2,1H3. The van der Waals surface area contributed by atoms with Crippen molar-refractivity contribution >= 4 is 11.8 Å². The first kappa shape index (κ1) is 15.5. The second kappa shape index (κ2) is 6.36. The number of pyridine rings is 1. The maximum atomic E-state index is 10.4. The maximum absolute atomic E-state index is 10.4. The van der Waals surface area contributed by atoms with Gasteiger partial charge in [0.25, 0.3) is 0 Å². The van der Waals surface area contributed by atoms with Gasteiger partial charge in [0.15, 0.2) is 0 Å².